The van der Waals surface area contributed by atoms with E-state index in [2.05, 4.69) is 59.1 Å². The summed E-state index contributed by atoms with van der Waals surface area (Å²) in [7, 11) is 0. The molecule has 3 nitrogen and oxygen atoms in total. The highest BCUT2D eigenvalue weighted by atomic mass is 32.1. The number of hydrogen-bond acceptors (Lipinski definition) is 4. The molecule has 0 aliphatic carbocycles. The average molecular weight is 383 g/mol. The van der Waals surface area contributed by atoms with Crippen LogP contribution in [0.1, 0.15) is 32.5 Å². The first-order valence-electron chi connectivity index (χ1n) is 8.82. The molecular weight excluding hydrogens is 360 g/mol. The number of nitrogens with one attached hydrogen (secondary N) is 1. The summed E-state index contributed by atoms with van der Waals surface area (Å²) in [4.78, 5) is 17.8. The van der Waals surface area contributed by atoms with Crippen LogP contribution in [0.4, 0.5) is 5.69 Å². The Balaban J connectivity index is 1.53. The summed E-state index contributed by atoms with van der Waals surface area (Å²) in [6.07, 6.45) is 1.02. The minimum absolute atomic E-state index is 0.0495. The Hall–Kier alpha value is -1.95. The lowest BCUT2D eigenvalue weighted by Crippen LogP contribution is -2.40. The van der Waals surface area contributed by atoms with Crippen molar-refractivity contribution in [2.75, 3.05) is 18.4 Å². The monoisotopic (exact) mass is 382 g/mol. The molecule has 0 saturated heterocycles. The lowest BCUT2D eigenvalue weighted by Gasteiger charge is -2.34. The summed E-state index contributed by atoms with van der Waals surface area (Å²) in [5.74, 6) is 0.0495. The van der Waals surface area contributed by atoms with E-state index in [1.165, 1.54) is 26.4 Å². The van der Waals surface area contributed by atoms with Crippen LogP contribution in [-0.4, -0.2) is 23.9 Å². The largest absolute Gasteiger partial charge is 0.325 e. The number of hydrogen-bond donors (Lipinski definition) is 1. The fourth-order valence-corrected chi connectivity index (χ4v) is 5.30. The van der Waals surface area contributed by atoms with Gasteiger partial charge >= 0.3 is 0 Å². The highest BCUT2D eigenvalue weighted by Crippen LogP contribution is 2.39. The molecule has 0 spiro atoms. The number of rotatable bonds is 4. The van der Waals surface area contributed by atoms with E-state index in [1.54, 1.807) is 11.3 Å². The SMILES string of the molecule is Cc1ccc(NC(=O)CN2CCc3sccc3C2c2cccs2)cc1C. The first-order chi connectivity index (χ1) is 12.6. The van der Waals surface area contributed by atoms with Crippen LogP contribution >= 0.6 is 22.7 Å². The lowest BCUT2D eigenvalue weighted by molar-refractivity contribution is -0.117. The number of aryl methyl sites for hydroxylation is 2. The van der Waals surface area contributed by atoms with Crippen LogP contribution < -0.4 is 5.32 Å². The van der Waals surface area contributed by atoms with E-state index < -0.39 is 0 Å². The number of anilines is 1. The third-order valence-electron chi connectivity index (χ3n) is 5.02. The van der Waals surface area contributed by atoms with E-state index in [0.29, 0.717) is 6.54 Å². The van der Waals surface area contributed by atoms with Gasteiger partial charge in [0.25, 0.3) is 0 Å². The van der Waals surface area contributed by atoms with Crippen molar-refractivity contribution in [2.45, 2.75) is 26.3 Å². The molecule has 1 amide bonds. The zero-order chi connectivity index (χ0) is 18.1. The molecular formula is C21H22N2OS2. The van der Waals surface area contributed by atoms with Crippen molar-refractivity contribution in [2.24, 2.45) is 0 Å². The first kappa shape index (κ1) is 17.5. The van der Waals surface area contributed by atoms with Gasteiger partial charge in [0.1, 0.15) is 0 Å². The average Bonchev–Trinajstić information content (AvgIpc) is 3.29. The second-order valence-corrected chi connectivity index (χ2v) is 8.76. The predicted octanol–water partition coefficient (Wildman–Crippen LogP) is 5.01. The lowest BCUT2D eigenvalue weighted by atomic mass is 9.98. The smallest absolute Gasteiger partial charge is 0.238 e. The molecule has 1 aromatic carbocycles. The highest BCUT2D eigenvalue weighted by Gasteiger charge is 2.31. The van der Waals surface area contributed by atoms with Crippen molar-refractivity contribution in [3.05, 3.63) is 73.6 Å². The van der Waals surface area contributed by atoms with Gasteiger partial charge in [-0.3, -0.25) is 9.69 Å². The molecule has 0 fully saturated rings. The normalized spacial score (nSPS) is 17.1. The van der Waals surface area contributed by atoms with Gasteiger partial charge in [-0.1, -0.05) is 12.1 Å². The van der Waals surface area contributed by atoms with E-state index in [1.807, 2.05) is 23.5 Å². The zero-order valence-electron chi connectivity index (χ0n) is 15.0. The van der Waals surface area contributed by atoms with Gasteiger partial charge in [-0.05, 0) is 72.0 Å². The summed E-state index contributed by atoms with van der Waals surface area (Å²) in [5, 5.41) is 7.35. The molecule has 0 radical (unpaired) electrons. The molecule has 0 saturated carbocycles. The van der Waals surface area contributed by atoms with Crippen LogP contribution in [-0.2, 0) is 11.2 Å². The van der Waals surface area contributed by atoms with Crippen molar-refractivity contribution in [3.8, 4) is 0 Å². The molecule has 26 heavy (non-hydrogen) atoms. The Kier molecular flexibility index (Phi) is 4.94. The Morgan fingerprint density at radius 1 is 1.15 bits per heavy atom. The van der Waals surface area contributed by atoms with E-state index in [-0.39, 0.29) is 11.9 Å². The van der Waals surface area contributed by atoms with Gasteiger partial charge < -0.3 is 5.32 Å². The van der Waals surface area contributed by atoms with E-state index in [4.69, 9.17) is 0 Å². The van der Waals surface area contributed by atoms with Crippen molar-refractivity contribution >= 4 is 34.3 Å². The van der Waals surface area contributed by atoms with E-state index >= 15 is 0 Å². The summed E-state index contributed by atoms with van der Waals surface area (Å²) >= 11 is 3.60. The molecule has 1 aliphatic rings. The van der Waals surface area contributed by atoms with Crippen molar-refractivity contribution in [1.29, 1.82) is 0 Å². The van der Waals surface area contributed by atoms with Gasteiger partial charge in [0.05, 0.1) is 12.6 Å². The molecule has 1 aliphatic heterocycles. The molecule has 5 heteroatoms. The topological polar surface area (TPSA) is 32.3 Å². The van der Waals surface area contributed by atoms with Crippen LogP contribution in [0.2, 0.25) is 0 Å². The number of fused-ring (bicyclic) bond motifs is 1. The maximum absolute atomic E-state index is 12.7. The van der Waals surface area contributed by atoms with Gasteiger partial charge in [-0.2, -0.15) is 0 Å². The summed E-state index contributed by atoms with van der Waals surface area (Å²) in [6.45, 7) is 5.47. The van der Waals surface area contributed by atoms with Crippen molar-refractivity contribution in [1.82, 2.24) is 4.90 Å². The van der Waals surface area contributed by atoms with Gasteiger partial charge in [0.2, 0.25) is 5.91 Å². The summed E-state index contributed by atoms with van der Waals surface area (Å²) < 4.78 is 0. The van der Waals surface area contributed by atoms with Crippen LogP contribution in [0.5, 0.6) is 0 Å². The number of carbonyl (C=O) groups excluding carboxylic acids is 1. The Morgan fingerprint density at radius 2 is 2.04 bits per heavy atom. The first-order valence-corrected chi connectivity index (χ1v) is 10.6. The maximum Gasteiger partial charge on any atom is 0.238 e. The van der Waals surface area contributed by atoms with Gasteiger partial charge in [-0.15, -0.1) is 22.7 Å². The quantitative estimate of drug-likeness (QED) is 0.688. The van der Waals surface area contributed by atoms with Crippen molar-refractivity contribution in [3.63, 3.8) is 0 Å². The van der Waals surface area contributed by atoms with Crippen molar-refractivity contribution < 1.29 is 4.79 Å². The Morgan fingerprint density at radius 3 is 2.81 bits per heavy atom. The number of benzene rings is 1. The van der Waals surface area contributed by atoms with E-state index in [9.17, 15) is 4.79 Å². The van der Waals surface area contributed by atoms with Crippen LogP contribution in [0.25, 0.3) is 0 Å². The molecule has 1 atom stereocenters. The molecule has 1 unspecified atom stereocenters. The second-order valence-electron chi connectivity index (χ2n) is 6.78. The number of nitrogens with zero attached hydrogens (tertiary/aromatic N) is 1. The molecule has 2 aromatic heterocycles. The number of carbonyl (C=O) groups is 1. The number of amides is 1. The van der Waals surface area contributed by atoms with Crippen LogP contribution in [0.15, 0.2) is 47.2 Å². The fraction of sp³-hybridized carbons (Fsp3) is 0.286. The van der Waals surface area contributed by atoms with Gasteiger partial charge in [-0.25, -0.2) is 0 Å². The van der Waals surface area contributed by atoms with Crippen LogP contribution in [0, 0.1) is 13.8 Å². The Labute approximate surface area is 162 Å². The third-order valence-corrected chi connectivity index (χ3v) is 6.94. The summed E-state index contributed by atoms with van der Waals surface area (Å²) in [6, 6.07) is 12.7. The third kappa shape index (κ3) is 3.47. The molecule has 134 valence electrons. The molecule has 3 heterocycles. The maximum atomic E-state index is 12.7. The molecule has 4 rings (SSSR count). The minimum atomic E-state index is 0.0495. The van der Waals surface area contributed by atoms with Gasteiger partial charge in [0.15, 0.2) is 0 Å². The zero-order valence-corrected chi connectivity index (χ0v) is 16.6. The van der Waals surface area contributed by atoms with E-state index in [0.717, 1.165) is 18.7 Å². The predicted molar refractivity (Wildman–Crippen MR) is 110 cm³/mol. The molecule has 3 aromatic rings. The standard InChI is InChI=1S/C21H22N2OS2/c1-14-5-6-16(12-15(14)2)22-20(24)13-23-9-7-18-17(8-11-26-18)21(23)19-4-3-10-25-19/h3-6,8,10-12,21H,7,9,13H2,1-2H3,(H,22,24). The minimum Gasteiger partial charge on any atom is -0.325 e. The summed E-state index contributed by atoms with van der Waals surface area (Å²) in [5.41, 5.74) is 4.67. The highest BCUT2D eigenvalue weighted by molar-refractivity contribution is 7.10. The molecule has 1 N–H and O–H groups in total. The Bertz CT molecular complexity index is 914. The second kappa shape index (κ2) is 7.35. The van der Waals surface area contributed by atoms with Crippen LogP contribution in [0.3, 0.4) is 0 Å². The fourth-order valence-electron chi connectivity index (χ4n) is 3.52. The number of thiophene rings is 2. The molecule has 0 bridgehead atoms. The van der Waals surface area contributed by atoms with Gasteiger partial charge in [0, 0.05) is 22.0 Å².